The van der Waals surface area contributed by atoms with Gasteiger partial charge >= 0.3 is 0 Å². The summed E-state index contributed by atoms with van der Waals surface area (Å²) in [4.78, 5) is 25.8. The van der Waals surface area contributed by atoms with E-state index in [9.17, 15) is 9.59 Å². The van der Waals surface area contributed by atoms with Crippen molar-refractivity contribution in [2.75, 3.05) is 11.9 Å². The molecular formula is C16H20N2O2. The Bertz CT molecular complexity index is 570. The minimum absolute atomic E-state index is 0.0247. The van der Waals surface area contributed by atoms with Crippen LogP contribution in [0.15, 0.2) is 30.9 Å². The summed E-state index contributed by atoms with van der Waals surface area (Å²) in [5, 5.41) is 2.77. The first-order chi connectivity index (χ1) is 9.32. The van der Waals surface area contributed by atoms with Crippen LogP contribution in [0.25, 0.3) is 0 Å². The first kappa shape index (κ1) is 14.3. The molecule has 1 aliphatic rings. The normalized spacial score (nSPS) is 13.7. The number of rotatable bonds is 3. The first-order valence-electron chi connectivity index (χ1n) is 6.68. The number of hydrogen-bond acceptors (Lipinski definition) is 2. The van der Waals surface area contributed by atoms with E-state index in [-0.39, 0.29) is 17.4 Å². The second-order valence-electron chi connectivity index (χ2n) is 5.97. The van der Waals surface area contributed by atoms with Crippen LogP contribution in [-0.2, 0) is 11.2 Å². The number of nitrogens with one attached hydrogen (secondary N) is 1. The van der Waals surface area contributed by atoms with E-state index in [1.165, 1.54) is 0 Å². The monoisotopic (exact) mass is 272 g/mol. The summed E-state index contributed by atoms with van der Waals surface area (Å²) < 4.78 is 0. The van der Waals surface area contributed by atoms with Gasteiger partial charge in [0.15, 0.2) is 0 Å². The molecule has 0 fully saturated rings. The Morgan fingerprint density at radius 3 is 2.75 bits per heavy atom. The van der Waals surface area contributed by atoms with Gasteiger partial charge in [0.2, 0.25) is 5.91 Å². The van der Waals surface area contributed by atoms with Crippen molar-refractivity contribution in [2.24, 2.45) is 0 Å². The van der Waals surface area contributed by atoms with Gasteiger partial charge in [0.05, 0.1) is 6.42 Å². The van der Waals surface area contributed by atoms with Gasteiger partial charge in [0, 0.05) is 23.3 Å². The quantitative estimate of drug-likeness (QED) is 0.860. The molecule has 0 spiro atoms. The molecule has 106 valence electrons. The fourth-order valence-electron chi connectivity index (χ4n) is 2.31. The average Bonchev–Trinajstić information content (AvgIpc) is 2.72. The Kier molecular flexibility index (Phi) is 3.66. The highest BCUT2D eigenvalue weighted by Crippen LogP contribution is 2.25. The van der Waals surface area contributed by atoms with E-state index in [0.29, 0.717) is 18.5 Å². The molecule has 0 aromatic heterocycles. The molecule has 1 N–H and O–H groups in total. The summed E-state index contributed by atoms with van der Waals surface area (Å²) in [6.45, 7) is 10.2. The van der Waals surface area contributed by atoms with Gasteiger partial charge in [0.25, 0.3) is 5.91 Å². The van der Waals surface area contributed by atoms with Crippen molar-refractivity contribution in [1.29, 1.82) is 0 Å². The number of hydrogen-bond donors (Lipinski definition) is 1. The van der Waals surface area contributed by atoms with Crippen LogP contribution in [0.1, 0.15) is 36.7 Å². The molecule has 0 radical (unpaired) electrons. The van der Waals surface area contributed by atoms with E-state index < -0.39 is 0 Å². The van der Waals surface area contributed by atoms with Gasteiger partial charge in [-0.05, 0) is 44.5 Å². The number of nitrogens with zero attached hydrogens (tertiary/aromatic N) is 1. The lowest BCUT2D eigenvalue weighted by molar-refractivity contribution is -0.115. The summed E-state index contributed by atoms with van der Waals surface area (Å²) >= 11 is 0. The van der Waals surface area contributed by atoms with Crippen LogP contribution in [0.5, 0.6) is 0 Å². The van der Waals surface area contributed by atoms with Crippen LogP contribution in [0.3, 0.4) is 0 Å². The molecule has 1 aromatic carbocycles. The van der Waals surface area contributed by atoms with Crippen LogP contribution in [0, 0.1) is 0 Å². The minimum atomic E-state index is -0.279. The molecule has 0 saturated carbocycles. The number of fused-ring (bicyclic) bond motifs is 1. The van der Waals surface area contributed by atoms with Gasteiger partial charge < -0.3 is 10.2 Å². The van der Waals surface area contributed by atoms with Crippen LogP contribution in [-0.4, -0.2) is 28.8 Å². The van der Waals surface area contributed by atoms with Gasteiger partial charge in [0.1, 0.15) is 0 Å². The first-order valence-corrected chi connectivity index (χ1v) is 6.68. The lowest BCUT2D eigenvalue weighted by Gasteiger charge is -2.35. The van der Waals surface area contributed by atoms with Crippen molar-refractivity contribution >= 4 is 17.5 Å². The molecule has 1 aliphatic heterocycles. The van der Waals surface area contributed by atoms with Gasteiger partial charge in [-0.2, -0.15) is 0 Å². The molecule has 1 aromatic rings. The zero-order valence-corrected chi connectivity index (χ0v) is 12.2. The van der Waals surface area contributed by atoms with E-state index in [1.807, 2.05) is 20.8 Å². The number of carbonyl (C=O) groups is 2. The minimum Gasteiger partial charge on any atom is -0.330 e. The molecule has 0 bridgehead atoms. The number of amides is 2. The van der Waals surface area contributed by atoms with Crippen LogP contribution < -0.4 is 5.32 Å². The standard InChI is InChI=1S/C16H20N2O2/c1-5-8-18(16(2,3)4)15(20)11-6-7-13-12(9-11)10-14(19)17-13/h5-7,9H,1,8,10H2,2-4H3,(H,17,19). The maximum atomic E-state index is 12.6. The van der Waals surface area contributed by atoms with Gasteiger partial charge in [-0.25, -0.2) is 0 Å². The lowest BCUT2D eigenvalue weighted by Crippen LogP contribution is -2.45. The van der Waals surface area contributed by atoms with Crippen molar-refractivity contribution in [3.63, 3.8) is 0 Å². The molecule has 0 atom stereocenters. The molecule has 0 aliphatic carbocycles. The van der Waals surface area contributed by atoms with E-state index in [1.54, 1.807) is 29.2 Å². The number of carbonyl (C=O) groups excluding carboxylic acids is 2. The molecule has 0 saturated heterocycles. The van der Waals surface area contributed by atoms with Gasteiger partial charge in [-0.3, -0.25) is 9.59 Å². The van der Waals surface area contributed by atoms with Crippen molar-refractivity contribution < 1.29 is 9.59 Å². The second-order valence-corrected chi connectivity index (χ2v) is 5.97. The summed E-state index contributed by atoms with van der Waals surface area (Å²) in [5.74, 6) is -0.0667. The Balaban J connectivity index is 2.31. The Labute approximate surface area is 119 Å². The van der Waals surface area contributed by atoms with Crippen molar-refractivity contribution in [1.82, 2.24) is 4.90 Å². The lowest BCUT2D eigenvalue weighted by atomic mass is 10.0. The highest BCUT2D eigenvalue weighted by molar-refractivity contribution is 6.01. The third-order valence-corrected chi connectivity index (χ3v) is 3.34. The maximum Gasteiger partial charge on any atom is 0.254 e. The van der Waals surface area contributed by atoms with Gasteiger partial charge in [-0.1, -0.05) is 6.08 Å². The topological polar surface area (TPSA) is 49.4 Å². The Morgan fingerprint density at radius 2 is 2.15 bits per heavy atom. The van der Waals surface area contributed by atoms with E-state index in [2.05, 4.69) is 11.9 Å². The molecule has 0 unspecified atom stereocenters. The molecular weight excluding hydrogens is 252 g/mol. The zero-order chi connectivity index (χ0) is 14.9. The highest BCUT2D eigenvalue weighted by Gasteiger charge is 2.27. The summed E-state index contributed by atoms with van der Waals surface area (Å²) in [7, 11) is 0. The molecule has 4 nitrogen and oxygen atoms in total. The Morgan fingerprint density at radius 1 is 1.45 bits per heavy atom. The highest BCUT2D eigenvalue weighted by atomic mass is 16.2. The third-order valence-electron chi connectivity index (χ3n) is 3.34. The van der Waals surface area contributed by atoms with Crippen molar-refractivity contribution in [3.8, 4) is 0 Å². The van der Waals surface area contributed by atoms with Crippen LogP contribution in [0.4, 0.5) is 5.69 Å². The van der Waals surface area contributed by atoms with Crippen LogP contribution in [0.2, 0.25) is 0 Å². The van der Waals surface area contributed by atoms with Crippen molar-refractivity contribution in [3.05, 3.63) is 42.0 Å². The van der Waals surface area contributed by atoms with E-state index in [4.69, 9.17) is 0 Å². The molecule has 2 rings (SSSR count). The van der Waals surface area contributed by atoms with E-state index >= 15 is 0 Å². The Hall–Kier alpha value is -2.10. The largest absolute Gasteiger partial charge is 0.330 e. The zero-order valence-electron chi connectivity index (χ0n) is 12.2. The SMILES string of the molecule is C=CCN(C(=O)c1ccc2c(c1)CC(=O)N2)C(C)(C)C. The maximum absolute atomic E-state index is 12.6. The summed E-state index contributed by atoms with van der Waals surface area (Å²) in [6.07, 6.45) is 2.06. The number of anilines is 1. The fourth-order valence-corrected chi connectivity index (χ4v) is 2.31. The predicted octanol–water partition coefficient (Wildman–Crippen LogP) is 2.61. The molecule has 4 heteroatoms. The number of benzene rings is 1. The summed E-state index contributed by atoms with van der Waals surface area (Å²) in [6, 6.07) is 5.36. The van der Waals surface area contributed by atoms with E-state index in [0.717, 1.165) is 11.3 Å². The van der Waals surface area contributed by atoms with Crippen molar-refractivity contribution in [2.45, 2.75) is 32.7 Å². The summed E-state index contributed by atoms with van der Waals surface area (Å²) in [5.41, 5.74) is 2.01. The van der Waals surface area contributed by atoms with Gasteiger partial charge in [-0.15, -0.1) is 6.58 Å². The van der Waals surface area contributed by atoms with Crippen LogP contribution >= 0.6 is 0 Å². The fraction of sp³-hybridized carbons (Fsp3) is 0.375. The molecule has 20 heavy (non-hydrogen) atoms. The third kappa shape index (κ3) is 2.74. The smallest absolute Gasteiger partial charge is 0.254 e. The molecule has 2 amide bonds. The average molecular weight is 272 g/mol. The molecule has 1 heterocycles. The predicted molar refractivity (Wildman–Crippen MR) is 79.8 cm³/mol. The second kappa shape index (κ2) is 5.12.